The molecule has 0 aromatic rings. The van der Waals surface area contributed by atoms with Crippen LogP contribution in [0.25, 0.3) is 0 Å². The van der Waals surface area contributed by atoms with E-state index in [1.807, 2.05) is 0 Å². The van der Waals surface area contributed by atoms with Crippen LogP contribution in [0.3, 0.4) is 0 Å². The number of carbonyl (C=O) groups is 5. The standard InChI is InChI=1S/C33H63N5O14S/c1-27(2)32(42)37-24-30(40)36-7-9-46-11-13-48-15-17-50-19-21-52-23-22-51-20-18-49-16-14-47-12-10-45-8-4-29(39)38-28(33(43)44)25-53-26-31(41)35-6-3-5-34/h27-28H,3-26,34H2,1-2H3,(H,35,41)(H,36,40)(H,37,42)(H,38,39)(H,43,44)/t28-/m0/s1. The molecule has 20 heteroatoms. The molecule has 7 N–H and O–H groups in total. The average molecular weight is 786 g/mol. The Hall–Kier alpha value is -2.66. The number of hydrogen-bond donors (Lipinski definition) is 6. The van der Waals surface area contributed by atoms with Gasteiger partial charge in [-0.05, 0) is 13.0 Å². The summed E-state index contributed by atoms with van der Waals surface area (Å²) in [6, 6.07) is -1.10. The van der Waals surface area contributed by atoms with Crippen LogP contribution < -0.4 is 27.0 Å². The molecule has 0 aromatic heterocycles. The van der Waals surface area contributed by atoms with Gasteiger partial charge in [-0.3, -0.25) is 19.2 Å². The second-order valence-electron chi connectivity index (χ2n) is 11.3. The van der Waals surface area contributed by atoms with E-state index in [-0.39, 0.29) is 61.3 Å². The van der Waals surface area contributed by atoms with Crippen molar-refractivity contribution >= 4 is 41.4 Å². The summed E-state index contributed by atoms with van der Waals surface area (Å²) in [7, 11) is 0. The summed E-state index contributed by atoms with van der Waals surface area (Å²) in [6.45, 7) is 10.8. The molecule has 0 radical (unpaired) electrons. The van der Waals surface area contributed by atoms with E-state index in [2.05, 4.69) is 21.3 Å². The summed E-state index contributed by atoms with van der Waals surface area (Å²) in [5.74, 6) is -2.27. The average Bonchev–Trinajstić information content (AvgIpc) is 3.13. The zero-order chi connectivity index (χ0) is 39.2. The van der Waals surface area contributed by atoms with Crippen LogP contribution in [0.15, 0.2) is 0 Å². The Kier molecular flexibility index (Phi) is 35.8. The lowest BCUT2D eigenvalue weighted by molar-refractivity contribution is -0.141. The number of nitrogens with two attached hydrogens (primary N) is 1. The molecule has 0 spiro atoms. The van der Waals surface area contributed by atoms with E-state index in [0.717, 1.165) is 11.8 Å². The summed E-state index contributed by atoms with van der Waals surface area (Å²) in [6.07, 6.45) is 0.665. The smallest absolute Gasteiger partial charge is 0.327 e. The zero-order valence-corrected chi connectivity index (χ0v) is 32.2. The van der Waals surface area contributed by atoms with E-state index < -0.39 is 17.9 Å². The molecule has 0 heterocycles. The van der Waals surface area contributed by atoms with Crippen LogP contribution in [-0.2, 0) is 61.9 Å². The Bertz CT molecular complexity index is 954. The molecule has 0 rings (SSSR count). The number of carboxylic acids is 1. The molecule has 310 valence electrons. The maximum atomic E-state index is 12.1. The monoisotopic (exact) mass is 785 g/mol. The van der Waals surface area contributed by atoms with E-state index in [1.165, 1.54) is 0 Å². The first-order chi connectivity index (χ1) is 25.7. The molecule has 0 bridgehead atoms. The minimum atomic E-state index is -1.17. The first-order valence-electron chi connectivity index (χ1n) is 17.9. The van der Waals surface area contributed by atoms with Crippen LogP contribution in [0.4, 0.5) is 0 Å². The summed E-state index contributed by atoms with van der Waals surface area (Å²) in [5.41, 5.74) is 5.37. The van der Waals surface area contributed by atoms with Gasteiger partial charge in [0.2, 0.25) is 23.6 Å². The predicted molar refractivity (Wildman–Crippen MR) is 196 cm³/mol. The molecule has 0 aliphatic heterocycles. The van der Waals surface area contributed by atoms with Gasteiger partial charge in [-0.2, -0.15) is 0 Å². The maximum absolute atomic E-state index is 12.1. The Morgan fingerprint density at radius 3 is 1.45 bits per heavy atom. The van der Waals surface area contributed by atoms with Crippen molar-refractivity contribution < 1.29 is 67.0 Å². The number of thioether (sulfide) groups is 1. The largest absolute Gasteiger partial charge is 0.480 e. The Balaban J connectivity index is 3.38. The number of hydrogen-bond acceptors (Lipinski definition) is 15. The van der Waals surface area contributed by atoms with Crippen molar-refractivity contribution in [2.75, 3.05) is 143 Å². The highest BCUT2D eigenvalue weighted by Crippen LogP contribution is 2.04. The number of carboxylic acid groups (broad SMARTS) is 1. The molecule has 0 saturated heterocycles. The van der Waals surface area contributed by atoms with Crippen molar-refractivity contribution in [3.63, 3.8) is 0 Å². The van der Waals surface area contributed by atoms with Gasteiger partial charge < -0.3 is 70.0 Å². The number of aliphatic carboxylic acids is 1. The molecule has 19 nitrogen and oxygen atoms in total. The first kappa shape index (κ1) is 50.3. The molecule has 0 aromatic carbocycles. The van der Waals surface area contributed by atoms with Crippen LogP contribution >= 0.6 is 11.8 Å². The van der Waals surface area contributed by atoms with Gasteiger partial charge in [-0.15, -0.1) is 11.8 Å². The Labute approximate surface area is 317 Å². The van der Waals surface area contributed by atoms with Gasteiger partial charge in [0.25, 0.3) is 0 Å². The molecular formula is C33H63N5O14S. The number of amides is 4. The second kappa shape index (κ2) is 37.6. The lowest BCUT2D eigenvalue weighted by Gasteiger charge is -2.14. The summed E-state index contributed by atoms with van der Waals surface area (Å²) in [4.78, 5) is 58.2. The van der Waals surface area contributed by atoms with E-state index in [4.69, 9.17) is 43.6 Å². The summed E-state index contributed by atoms with van der Waals surface area (Å²) < 4.78 is 43.4. The zero-order valence-electron chi connectivity index (χ0n) is 31.4. The van der Waals surface area contributed by atoms with Crippen molar-refractivity contribution in [2.24, 2.45) is 11.7 Å². The van der Waals surface area contributed by atoms with Crippen molar-refractivity contribution in [1.82, 2.24) is 21.3 Å². The fraction of sp³-hybridized carbons (Fsp3) is 0.848. The normalized spacial score (nSPS) is 11.7. The first-order valence-corrected chi connectivity index (χ1v) is 19.1. The lowest BCUT2D eigenvalue weighted by atomic mass is 10.2. The van der Waals surface area contributed by atoms with E-state index >= 15 is 0 Å². The number of rotatable bonds is 39. The highest BCUT2D eigenvalue weighted by Gasteiger charge is 2.20. The molecule has 0 unspecified atom stereocenters. The van der Waals surface area contributed by atoms with Gasteiger partial charge in [0.05, 0.1) is 118 Å². The summed E-state index contributed by atoms with van der Waals surface area (Å²) >= 11 is 1.13. The van der Waals surface area contributed by atoms with Gasteiger partial charge in [0, 0.05) is 31.2 Å². The number of nitrogens with one attached hydrogen (secondary N) is 4. The summed E-state index contributed by atoms with van der Waals surface area (Å²) in [5, 5.41) is 19.7. The van der Waals surface area contributed by atoms with Crippen LogP contribution in [0.5, 0.6) is 0 Å². The third-order valence-corrected chi connectivity index (χ3v) is 7.48. The fourth-order valence-corrected chi connectivity index (χ4v) is 4.46. The Morgan fingerprint density at radius 1 is 0.585 bits per heavy atom. The topological polar surface area (TPSA) is 254 Å². The number of ether oxygens (including phenoxy) is 8. The quantitative estimate of drug-likeness (QED) is 0.0375. The SMILES string of the molecule is CC(C)C(=O)NCC(=O)NCCOCCOCCOCCOCCOCCOCCOCCOCCC(=O)N[C@@H](CSCC(=O)NCCCN)C(=O)O. The van der Waals surface area contributed by atoms with Crippen molar-refractivity contribution in [3.05, 3.63) is 0 Å². The van der Waals surface area contributed by atoms with Crippen molar-refractivity contribution in [2.45, 2.75) is 32.7 Å². The number of carbonyl (C=O) groups excluding carboxylic acids is 4. The van der Waals surface area contributed by atoms with Gasteiger partial charge in [0.1, 0.15) is 6.04 Å². The molecule has 4 amide bonds. The minimum Gasteiger partial charge on any atom is -0.480 e. The van der Waals surface area contributed by atoms with Crippen LogP contribution in [-0.4, -0.2) is 184 Å². The fourth-order valence-electron chi connectivity index (χ4n) is 3.59. The maximum Gasteiger partial charge on any atom is 0.327 e. The van der Waals surface area contributed by atoms with Gasteiger partial charge in [-0.1, -0.05) is 13.8 Å². The van der Waals surface area contributed by atoms with Crippen molar-refractivity contribution in [3.8, 4) is 0 Å². The Morgan fingerprint density at radius 2 is 1.02 bits per heavy atom. The third kappa shape index (κ3) is 36.1. The van der Waals surface area contributed by atoms with Crippen molar-refractivity contribution in [1.29, 1.82) is 0 Å². The molecule has 1 atom stereocenters. The van der Waals surface area contributed by atoms with E-state index in [1.54, 1.807) is 13.8 Å². The lowest BCUT2D eigenvalue weighted by Crippen LogP contribution is -2.43. The van der Waals surface area contributed by atoms with Gasteiger partial charge in [-0.25, -0.2) is 4.79 Å². The predicted octanol–water partition coefficient (Wildman–Crippen LogP) is -1.83. The van der Waals surface area contributed by atoms with Crippen LogP contribution in [0.1, 0.15) is 26.7 Å². The molecule has 0 aliphatic rings. The molecule has 0 saturated carbocycles. The second-order valence-corrected chi connectivity index (χ2v) is 12.4. The molecule has 0 aliphatic carbocycles. The molecular weight excluding hydrogens is 722 g/mol. The van der Waals surface area contributed by atoms with E-state index in [9.17, 15) is 29.1 Å². The molecule has 0 fully saturated rings. The highest BCUT2D eigenvalue weighted by molar-refractivity contribution is 8.00. The minimum absolute atomic E-state index is 0.000218. The van der Waals surface area contributed by atoms with E-state index in [0.29, 0.717) is 119 Å². The molecule has 53 heavy (non-hydrogen) atoms. The third-order valence-electron chi connectivity index (χ3n) is 6.45. The highest BCUT2D eigenvalue weighted by atomic mass is 32.2. The van der Waals surface area contributed by atoms with Gasteiger partial charge in [0.15, 0.2) is 0 Å². The van der Waals surface area contributed by atoms with Crippen LogP contribution in [0, 0.1) is 5.92 Å². The van der Waals surface area contributed by atoms with Gasteiger partial charge >= 0.3 is 5.97 Å². The van der Waals surface area contributed by atoms with Crippen LogP contribution in [0.2, 0.25) is 0 Å².